The van der Waals surface area contributed by atoms with E-state index in [1.807, 2.05) is 0 Å². The first-order valence-electron chi connectivity index (χ1n) is 7.30. The maximum absolute atomic E-state index is 5.86. The smallest absolute Gasteiger partial charge is 0.229 e. The Hall–Kier alpha value is -1.89. The van der Waals surface area contributed by atoms with Crippen LogP contribution in [-0.2, 0) is 0 Å². The summed E-state index contributed by atoms with van der Waals surface area (Å²) in [6, 6.07) is 0.974. The molecule has 116 valence electrons. The van der Waals surface area contributed by atoms with Gasteiger partial charge in [0.1, 0.15) is 12.0 Å². The summed E-state index contributed by atoms with van der Waals surface area (Å²) in [5, 5.41) is 10.6. The maximum atomic E-state index is 5.86. The van der Waals surface area contributed by atoms with Crippen LogP contribution in [-0.4, -0.2) is 57.3 Å². The minimum Gasteiger partial charge on any atom is -0.476 e. The van der Waals surface area contributed by atoms with Crippen LogP contribution in [0.4, 0.5) is 5.95 Å². The molecule has 0 saturated heterocycles. The van der Waals surface area contributed by atoms with Gasteiger partial charge in [-0.2, -0.15) is 15.1 Å². The van der Waals surface area contributed by atoms with E-state index >= 15 is 0 Å². The lowest BCUT2D eigenvalue weighted by Crippen LogP contribution is -2.39. The predicted octanol–water partition coefficient (Wildman–Crippen LogP) is 1.89. The molecule has 2 aromatic heterocycles. The summed E-state index contributed by atoms with van der Waals surface area (Å²) in [6.07, 6.45) is 1.69. The molecule has 0 bridgehead atoms. The van der Waals surface area contributed by atoms with Crippen molar-refractivity contribution in [2.75, 3.05) is 25.5 Å². The molecule has 2 rings (SSSR count). The van der Waals surface area contributed by atoms with Crippen LogP contribution in [0.15, 0.2) is 6.20 Å². The molecule has 2 N–H and O–H groups in total. The van der Waals surface area contributed by atoms with E-state index in [-0.39, 0.29) is 0 Å². The second-order valence-electron chi connectivity index (χ2n) is 5.51. The van der Waals surface area contributed by atoms with Gasteiger partial charge in [-0.15, -0.1) is 0 Å². The summed E-state index contributed by atoms with van der Waals surface area (Å²) in [5.74, 6) is 1.08. The Morgan fingerprint density at radius 2 is 1.95 bits per heavy atom. The number of ether oxygens (including phenoxy) is 1. The molecule has 0 aliphatic carbocycles. The molecule has 0 fully saturated rings. The second-order valence-corrected chi connectivity index (χ2v) is 5.51. The number of hydrogen-bond acceptors (Lipinski definition) is 6. The third-order valence-electron chi connectivity index (χ3n) is 3.41. The van der Waals surface area contributed by atoms with Gasteiger partial charge in [0.25, 0.3) is 0 Å². The molecular weight excluding hydrogens is 268 g/mol. The molecule has 0 spiro atoms. The van der Waals surface area contributed by atoms with Crippen molar-refractivity contribution in [2.24, 2.45) is 0 Å². The molecule has 0 amide bonds. The molecule has 0 radical (unpaired) electrons. The van der Waals surface area contributed by atoms with Gasteiger partial charge in [0.2, 0.25) is 11.8 Å². The predicted molar refractivity (Wildman–Crippen MR) is 83.7 cm³/mol. The zero-order chi connectivity index (χ0) is 15.4. The number of nitrogens with zero attached hydrogens (tertiary/aromatic N) is 4. The fraction of sp³-hybridized carbons (Fsp3) is 0.643. The minimum atomic E-state index is 0.487. The van der Waals surface area contributed by atoms with Gasteiger partial charge in [-0.25, -0.2) is 0 Å². The largest absolute Gasteiger partial charge is 0.476 e. The van der Waals surface area contributed by atoms with Crippen LogP contribution >= 0.6 is 0 Å². The fourth-order valence-corrected chi connectivity index (χ4v) is 2.39. The molecule has 0 unspecified atom stereocenters. The van der Waals surface area contributed by atoms with Gasteiger partial charge in [-0.3, -0.25) is 10.00 Å². The van der Waals surface area contributed by atoms with Crippen molar-refractivity contribution < 1.29 is 4.74 Å². The van der Waals surface area contributed by atoms with Gasteiger partial charge in [-0.05, 0) is 27.7 Å². The summed E-state index contributed by atoms with van der Waals surface area (Å²) >= 11 is 0. The van der Waals surface area contributed by atoms with Crippen molar-refractivity contribution in [1.82, 2.24) is 25.1 Å². The topological polar surface area (TPSA) is 79.0 Å². The summed E-state index contributed by atoms with van der Waals surface area (Å²) in [5.41, 5.74) is 0.675. The van der Waals surface area contributed by atoms with E-state index < -0.39 is 0 Å². The zero-order valence-corrected chi connectivity index (χ0v) is 13.3. The van der Waals surface area contributed by atoms with E-state index in [1.165, 1.54) is 0 Å². The Kier molecular flexibility index (Phi) is 4.95. The maximum Gasteiger partial charge on any atom is 0.229 e. The molecule has 7 nitrogen and oxygen atoms in total. The normalized spacial score (nSPS) is 11.8. The Morgan fingerprint density at radius 1 is 1.24 bits per heavy atom. The van der Waals surface area contributed by atoms with Crippen LogP contribution in [0, 0.1) is 0 Å². The number of H-pyrrole nitrogens is 1. The van der Waals surface area contributed by atoms with Crippen LogP contribution in [0.1, 0.15) is 27.7 Å². The first-order valence-corrected chi connectivity index (χ1v) is 7.30. The summed E-state index contributed by atoms with van der Waals surface area (Å²) in [6.45, 7) is 10.2. The lowest BCUT2D eigenvalue weighted by Gasteiger charge is -2.30. The number of rotatable bonds is 7. The molecule has 2 aromatic rings. The third-order valence-corrected chi connectivity index (χ3v) is 3.41. The Morgan fingerprint density at radius 3 is 2.57 bits per heavy atom. The number of aromatic nitrogens is 4. The SMILES string of the molecule is CNc1nc(OCCN(C(C)C)C(C)C)c2cn[nH]c2n1. The highest BCUT2D eigenvalue weighted by molar-refractivity contribution is 5.80. The highest BCUT2D eigenvalue weighted by Gasteiger charge is 2.14. The van der Waals surface area contributed by atoms with Crippen molar-refractivity contribution >= 4 is 17.0 Å². The zero-order valence-electron chi connectivity index (χ0n) is 13.3. The average molecular weight is 292 g/mol. The van der Waals surface area contributed by atoms with Crippen LogP contribution in [0.5, 0.6) is 5.88 Å². The van der Waals surface area contributed by atoms with Gasteiger partial charge in [0.05, 0.1) is 6.20 Å². The standard InChI is InChI=1S/C14H24N6O/c1-9(2)20(10(3)4)6-7-21-13-11-8-16-19-12(11)17-14(15-5)18-13/h8-10H,6-7H2,1-5H3,(H2,15,16,17,18,19). The van der Waals surface area contributed by atoms with Gasteiger partial charge in [-0.1, -0.05) is 0 Å². The van der Waals surface area contributed by atoms with E-state index in [2.05, 4.69) is 58.1 Å². The Bertz CT molecular complexity index is 572. The third kappa shape index (κ3) is 3.60. The van der Waals surface area contributed by atoms with Crippen molar-refractivity contribution in [3.8, 4) is 5.88 Å². The van der Waals surface area contributed by atoms with E-state index in [9.17, 15) is 0 Å². The molecule has 21 heavy (non-hydrogen) atoms. The van der Waals surface area contributed by atoms with E-state index in [1.54, 1.807) is 13.2 Å². The molecule has 0 aliphatic heterocycles. The van der Waals surface area contributed by atoms with Crippen molar-refractivity contribution in [3.63, 3.8) is 0 Å². The van der Waals surface area contributed by atoms with Crippen LogP contribution in [0.2, 0.25) is 0 Å². The summed E-state index contributed by atoms with van der Waals surface area (Å²) < 4.78 is 5.86. The first-order chi connectivity index (χ1) is 10.0. The van der Waals surface area contributed by atoms with Crippen LogP contribution in [0.25, 0.3) is 11.0 Å². The first kappa shape index (κ1) is 15.5. The quantitative estimate of drug-likeness (QED) is 0.811. The molecule has 0 aromatic carbocycles. The average Bonchev–Trinajstić information content (AvgIpc) is 2.90. The highest BCUT2D eigenvalue weighted by Crippen LogP contribution is 2.22. The van der Waals surface area contributed by atoms with Crippen molar-refractivity contribution in [3.05, 3.63) is 6.20 Å². The number of anilines is 1. The van der Waals surface area contributed by atoms with Crippen LogP contribution < -0.4 is 10.1 Å². The van der Waals surface area contributed by atoms with E-state index in [4.69, 9.17) is 4.74 Å². The molecule has 0 atom stereocenters. The van der Waals surface area contributed by atoms with Crippen molar-refractivity contribution in [2.45, 2.75) is 39.8 Å². The van der Waals surface area contributed by atoms with Gasteiger partial charge in [0, 0.05) is 25.7 Å². The van der Waals surface area contributed by atoms with Crippen LogP contribution in [0.3, 0.4) is 0 Å². The number of aromatic amines is 1. The monoisotopic (exact) mass is 292 g/mol. The van der Waals surface area contributed by atoms with Crippen molar-refractivity contribution in [1.29, 1.82) is 0 Å². The Labute approximate surface area is 125 Å². The highest BCUT2D eigenvalue weighted by atomic mass is 16.5. The lowest BCUT2D eigenvalue weighted by molar-refractivity contribution is 0.141. The van der Waals surface area contributed by atoms with Gasteiger partial charge < -0.3 is 10.1 Å². The summed E-state index contributed by atoms with van der Waals surface area (Å²) in [7, 11) is 1.78. The molecular formula is C14H24N6O. The van der Waals surface area contributed by atoms with E-state index in [0.717, 1.165) is 11.9 Å². The molecule has 0 aliphatic rings. The van der Waals surface area contributed by atoms with Gasteiger partial charge in [0.15, 0.2) is 5.65 Å². The summed E-state index contributed by atoms with van der Waals surface area (Å²) in [4.78, 5) is 11.0. The number of hydrogen-bond donors (Lipinski definition) is 2. The second kappa shape index (κ2) is 6.71. The molecule has 2 heterocycles. The number of nitrogens with one attached hydrogen (secondary N) is 2. The molecule has 7 heteroatoms. The minimum absolute atomic E-state index is 0.487. The fourth-order valence-electron chi connectivity index (χ4n) is 2.39. The molecule has 0 saturated carbocycles. The van der Waals surface area contributed by atoms with E-state index in [0.29, 0.717) is 36.2 Å². The Balaban J connectivity index is 2.07. The lowest BCUT2D eigenvalue weighted by atomic mass is 10.2. The number of fused-ring (bicyclic) bond motifs is 1. The van der Waals surface area contributed by atoms with Gasteiger partial charge >= 0.3 is 0 Å².